The highest BCUT2D eigenvalue weighted by molar-refractivity contribution is 5.67. The number of aliphatic hydroxyl groups excluding tert-OH is 1. The molecule has 2 aliphatic heterocycles. The van der Waals surface area contributed by atoms with E-state index in [4.69, 9.17) is 18.9 Å². The first kappa shape index (κ1) is 25.3. The van der Waals surface area contributed by atoms with Crippen molar-refractivity contribution in [3.63, 3.8) is 0 Å². The van der Waals surface area contributed by atoms with E-state index in [-0.39, 0.29) is 25.4 Å². The van der Waals surface area contributed by atoms with Gasteiger partial charge in [-0.05, 0) is 16.7 Å². The van der Waals surface area contributed by atoms with Crippen LogP contribution in [0.5, 0.6) is 0 Å². The van der Waals surface area contributed by atoms with Crippen molar-refractivity contribution in [2.75, 3.05) is 39.5 Å². The molecule has 0 spiro atoms. The number of amides is 1. The van der Waals surface area contributed by atoms with Crippen LogP contribution in [0.25, 0.3) is 0 Å². The molecule has 188 valence electrons. The Morgan fingerprint density at radius 3 is 2.43 bits per heavy atom. The molecule has 2 aromatic rings. The van der Waals surface area contributed by atoms with Crippen molar-refractivity contribution in [3.05, 3.63) is 83.4 Å². The minimum Gasteiger partial charge on any atom is -0.445 e. The fourth-order valence-corrected chi connectivity index (χ4v) is 4.26. The first-order valence-corrected chi connectivity index (χ1v) is 12.1. The van der Waals surface area contributed by atoms with Gasteiger partial charge in [0.15, 0.2) is 6.29 Å². The lowest BCUT2D eigenvalue weighted by Crippen LogP contribution is -2.44. The third kappa shape index (κ3) is 7.37. The molecule has 2 heterocycles. The molecule has 2 saturated heterocycles. The molecule has 4 rings (SSSR count). The lowest BCUT2D eigenvalue weighted by Gasteiger charge is -2.39. The van der Waals surface area contributed by atoms with Crippen LogP contribution >= 0.6 is 0 Å². The van der Waals surface area contributed by atoms with Crippen LogP contribution in [0.3, 0.4) is 0 Å². The average molecular weight is 483 g/mol. The van der Waals surface area contributed by atoms with E-state index in [9.17, 15) is 9.90 Å². The van der Waals surface area contributed by atoms with E-state index in [1.165, 1.54) is 6.08 Å². The Labute approximate surface area is 206 Å². The Bertz CT molecular complexity index is 943. The Balaban J connectivity index is 1.44. The topological polar surface area (TPSA) is 89.5 Å². The van der Waals surface area contributed by atoms with Gasteiger partial charge >= 0.3 is 6.09 Å². The number of carbonyl (C=O) groups is 1. The zero-order chi connectivity index (χ0) is 24.5. The van der Waals surface area contributed by atoms with Gasteiger partial charge in [0.1, 0.15) is 6.61 Å². The molecule has 3 unspecified atom stereocenters. The standard InChI is InChI=1S/C27H34N2O6/c1-2-13-33-27(31)28-17-20-3-9-23(10-4-20)26-34-24(18-29-11-14-32-15-12-29)16-25(35-26)22-7-5-21(19-30)6-8-22/h2-10,24-26,30H,1,11-19H2,(H,28,31). The predicted octanol–water partition coefficient (Wildman–Crippen LogP) is 3.47. The second-order valence-electron chi connectivity index (χ2n) is 8.75. The summed E-state index contributed by atoms with van der Waals surface area (Å²) in [6, 6.07) is 15.7. The summed E-state index contributed by atoms with van der Waals surface area (Å²) in [7, 11) is 0. The fourth-order valence-electron chi connectivity index (χ4n) is 4.26. The van der Waals surface area contributed by atoms with E-state index in [2.05, 4.69) is 16.8 Å². The molecule has 2 fully saturated rings. The van der Waals surface area contributed by atoms with Crippen LogP contribution in [0, 0.1) is 0 Å². The highest BCUT2D eigenvalue weighted by Crippen LogP contribution is 2.38. The highest BCUT2D eigenvalue weighted by Gasteiger charge is 2.33. The van der Waals surface area contributed by atoms with E-state index in [1.54, 1.807) is 0 Å². The molecule has 2 N–H and O–H groups in total. The van der Waals surface area contributed by atoms with Crippen molar-refractivity contribution in [1.82, 2.24) is 10.2 Å². The summed E-state index contributed by atoms with van der Waals surface area (Å²) in [5, 5.41) is 12.1. The lowest BCUT2D eigenvalue weighted by molar-refractivity contribution is -0.253. The van der Waals surface area contributed by atoms with Crippen molar-refractivity contribution >= 4 is 6.09 Å². The largest absolute Gasteiger partial charge is 0.445 e. The molecule has 0 bridgehead atoms. The minimum atomic E-state index is -0.503. The molecule has 0 saturated carbocycles. The van der Waals surface area contributed by atoms with Gasteiger partial charge < -0.3 is 29.4 Å². The first-order chi connectivity index (χ1) is 17.1. The van der Waals surface area contributed by atoms with Gasteiger partial charge in [-0.15, -0.1) is 0 Å². The second kappa shape index (κ2) is 12.8. The molecule has 1 amide bonds. The quantitative estimate of drug-likeness (QED) is 0.529. The number of nitrogens with zero attached hydrogens (tertiary/aromatic N) is 1. The van der Waals surface area contributed by atoms with Crippen molar-refractivity contribution < 1.29 is 28.8 Å². The van der Waals surface area contributed by atoms with Gasteiger partial charge in [-0.3, -0.25) is 4.90 Å². The summed E-state index contributed by atoms with van der Waals surface area (Å²) in [5.74, 6) is 0. The van der Waals surface area contributed by atoms with Gasteiger partial charge in [0.05, 0.1) is 32.0 Å². The Kier molecular flexibility index (Phi) is 9.28. The molecular weight excluding hydrogens is 448 g/mol. The number of hydrogen-bond acceptors (Lipinski definition) is 7. The van der Waals surface area contributed by atoms with Crippen LogP contribution < -0.4 is 5.32 Å². The lowest BCUT2D eigenvalue weighted by atomic mass is 9.99. The number of carbonyl (C=O) groups excluding carboxylic acids is 1. The number of alkyl carbamates (subject to hydrolysis) is 1. The Morgan fingerprint density at radius 1 is 1.06 bits per heavy atom. The molecule has 3 atom stereocenters. The van der Waals surface area contributed by atoms with Crippen LogP contribution in [0.1, 0.15) is 41.1 Å². The number of aliphatic hydroxyl groups is 1. The molecule has 0 radical (unpaired) electrons. The number of morpholine rings is 1. The SMILES string of the molecule is C=CCOC(=O)NCc1ccc(C2OC(CN3CCOCC3)CC(c3ccc(CO)cc3)O2)cc1. The monoisotopic (exact) mass is 482 g/mol. The van der Waals surface area contributed by atoms with Crippen LogP contribution in [0.15, 0.2) is 61.2 Å². The van der Waals surface area contributed by atoms with Crippen LogP contribution in [0.4, 0.5) is 4.79 Å². The third-order valence-corrected chi connectivity index (χ3v) is 6.20. The maximum absolute atomic E-state index is 11.7. The van der Waals surface area contributed by atoms with Gasteiger partial charge in [0.2, 0.25) is 0 Å². The fraction of sp³-hybridized carbons (Fsp3) is 0.444. The zero-order valence-corrected chi connectivity index (χ0v) is 19.9. The number of nitrogens with one attached hydrogen (secondary N) is 1. The van der Waals surface area contributed by atoms with Gasteiger partial charge in [0, 0.05) is 38.2 Å². The maximum Gasteiger partial charge on any atom is 0.407 e. The van der Waals surface area contributed by atoms with Crippen LogP contribution in [-0.2, 0) is 32.1 Å². The first-order valence-electron chi connectivity index (χ1n) is 12.1. The Morgan fingerprint density at radius 2 is 1.74 bits per heavy atom. The van der Waals surface area contributed by atoms with E-state index in [0.29, 0.717) is 6.54 Å². The van der Waals surface area contributed by atoms with Crippen LogP contribution in [-0.4, -0.2) is 61.7 Å². The van der Waals surface area contributed by atoms with Gasteiger partial charge in [-0.25, -0.2) is 4.79 Å². The van der Waals surface area contributed by atoms with Crippen molar-refractivity contribution in [2.24, 2.45) is 0 Å². The van der Waals surface area contributed by atoms with E-state index in [0.717, 1.165) is 61.5 Å². The maximum atomic E-state index is 11.7. The summed E-state index contributed by atoms with van der Waals surface area (Å²) >= 11 is 0. The van der Waals surface area contributed by atoms with Gasteiger partial charge in [-0.1, -0.05) is 61.2 Å². The van der Waals surface area contributed by atoms with Gasteiger partial charge in [0.25, 0.3) is 0 Å². The molecule has 0 aliphatic carbocycles. The summed E-state index contributed by atoms with van der Waals surface area (Å²) in [4.78, 5) is 14.0. The average Bonchev–Trinajstić information content (AvgIpc) is 2.91. The minimum absolute atomic E-state index is 0.00958. The highest BCUT2D eigenvalue weighted by atomic mass is 16.7. The Hall–Kier alpha value is -2.75. The second-order valence-corrected chi connectivity index (χ2v) is 8.75. The summed E-state index contributed by atoms with van der Waals surface area (Å²) < 4.78 is 23.2. The van der Waals surface area contributed by atoms with E-state index >= 15 is 0 Å². The van der Waals surface area contributed by atoms with Crippen molar-refractivity contribution in [1.29, 1.82) is 0 Å². The number of benzene rings is 2. The molecule has 0 aromatic heterocycles. The molecule has 2 aromatic carbocycles. The zero-order valence-electron chi connectivity index (χ0n) is 19.9. The van der Waals surface area contributed by atoms with Gasteiger partial charge in [-0.2, -0.15) is 0 Å². The smallest absolute Gasteiger partial charge is 0.407 e. The normalized spacial score (nSPS) is 22.9. The van der Waals surface area contributed by atoms with E-state index in [1.807, 2.05) is 48.5 Å². The molecule has 35 heavy (non-hydrogen) atoms. The van der Waals surface area contributed by atoms with Crippen molar-refractivity contribution in [2.45, 2.75) is 38.1 Å². The number of ether oxygens (including phenoxy) is 4. The molecule has 8 heteroatoms. The van der Waals surface area contributed by atoms with Crippen molar-refractivity contribution in [3.8, 4) is 0 Å². The summed E-state index contributed by atoms with van der Waals surface area (Å²) in [6.45, 7) is 8.20. The summed E-state index contributed by atoms with van der Waals surface area (Å²) in [5.41, 5.74) is 3.81. The molecule has 2 aliphatic rings. The van der Waals surface area contributed by atoms with Crippen LogP contribution in [0.2, 0.25) is 0 Å². The predicted molar refractivity (Wildman–Crippen MR) is 131 cm³/mol. The number of hydrogen-bond donors (Lipinski definition) is 2. The third-order valence-electron chi connectivity index (χ3n) is 6.20. The number of rotatable bonds is 9. The summed E-state index contributed by atoms with van der Waals surface area (Å²) in [6.07, 6.45) is 1.19. The molecular formula is C27H34N2O6. The van der Waals surface area contributed by atoms with E-state index < -0.39 is 12.4 Å². The molecule has 8 nitrogen and oxygen atoms in total.